The zero-order valence-electron chi connectivity index (χ0n) is 12.7. The Morgan fingerprint density at radius 3 is 2.38 bits per heavy atom. The number of esters is 1. The van der Waals surface area contributed by atoms with Crippen LogP contribution in [0.15, 0.2) is 24.3 Å². The molecule has 21 heavy (non-hydrogen) atoms. The Balaban J connectivity index is 1.99. The van der Waals surface area contributed by atoms with Crippen molar-refractivity contribution in [1.82, 2.24) is 0 Å². The van der Waals surface area contributed by atoms with Gasteiger partial charge in [0.05, 0.1) is 6.61 Å². The van der Waals surface area contributed by atoms with E-state index >= 15 is 0 Å². The van der Waals surface area contributed by atoms with Crippen molar-refractivity contribution < 1.29 is 19.0 Å². The minimum atomic E-state index is -0.931. The molecule has 4 heteroatoms. The minimum absolute atomic E-state index is 0.222. The summed E-state index contributed by atoms with van der Waals surface area (Å²) in [7, 11) is 0. The number of rotatable bonds is 2. The molecule has 2 aliphatic rings. The fourth-order valence-corrected chi connectivity index (χ4v) is 3.35. The lowest BCUT2D eigenvalue weighted by molar-refractivity contribution is -0.204. The van der Waals surface area contributed by atoms with Gasteiger partial charge in [-0.1, -0.05) is 25.0 Å². The van der Waals surface area contributed by atoms with Gasteiger partial charge in [0.2, 0.25) is 0 Å². The van der Waals surface area contributed by atoms with Gasteiger partial charge in [-0.2, -0.15) is 0 Å². The smallest absolute Gasteiger partial charge is 0.319 e. The zero-order valence-corrected chi connectivity index (χ0v) is 12.7. The van der Waals surface area contributed by atoms with E-state index in [0.717, 1.165) is 37.2 Å². The van der Waals surface area contributed by atoms with Crippen LogP contribution in [-0.2, 0) is 9.53 Å². The Bertz CT molecular complexity index is 514. The molecule has 0 bridgehead atoms. The molecule has 1 aromatic carbocycles. The van der Waals surface area contributed by atoms with Gasteiger partial charge in [-0.3, -0.25) is 4.79 Å². The maximum atomic E-state index is 12.6. The van der Waals surface area contributed by atoms with Crippen LogP contribution in [0.25, 0.3) is 0 Å². The molecular formula is C17H22O4. The highest BCUT2D eigenvalue weighted by Gasteiger charge is 2.61. The SMILES string of the molecule is CCOC(=O)C1(C)CCCCCC12Oc1ccccc1O2. The average molecular weight is 290 g/mol. The minimum Gasteiger partial charge on any atom is -0.465 e. The lowest BCUT2D eigenvalue weighted by Crippen LogP contribution is -2.57. The predicted molar refractivity (Wildman–Crippen MR) is 78.3 cm³/mol. The van der Waals surface area contributed by atoms with E-state index in [1.54, 1.807) is 0 Å². The normalized spacial score (nSPS) is 26.4. The third kappa shape index (κ3) is 2.17. The Labute approximate surface area is 125 Å². The quantitative estimate of drug-likeness (QED) is 0.779. The molecule has 0 radical (unpaired) electrons. The Hall–Kier alpha value is -1.71. The number of hydrogen-bond donors (Lipinski definition) is 0. The van der Waals surface area contributed by atoms with Gasteiger partial charge in [0.25, 0.3) is 5.79 Å². The highest BCUT2D eigenvalue weighted by Crippen LogP contribution is 2.53. The number of carbonyl (C=O) groups is 1. The summed E-state index contributed by atoms with van der Waals surface area (Å²) in [5.74, 6) is 0.281. The first kappa shape index (κ1) is 14.2. The van der Waals surface area contributed by atoms with Crippen LogP contribution in [0.1, 0.15) is 46.0 Å². The second-order valence-electron chi connectivity index (χ2n) is 6.02. The standard InChI is InChI=1S/C17H22O4/c1-3-19-15(18)16(2)11-7-4-8-12-17(16)20-13-9-5-6-10-14(13)21-17/h5-6,9-10H,3-4,7-8,11-12H2,1-2H3. The maximum Gasteiger partial charge on any atom is 0.319 e. The summed E-state index contributed by atoms with van der Waals surface area (Å²) in [4.78, 5) is 12.6. The molecule has 0 aromatic heterocycles. The first-order valence-electron chi connectivity index (χ1n) is 7.75. The molecule has 1 saturated carbocycles. The summed E-state index contributed by atoms with van der Waals surface area (Å²) in [6, 6.07) is 7.61. The highest BCUT2D eigenvalue weighted by atomic mass is 16.7. The Kier molecular flexibility index (Phi) is 3.56. The van der Waals surface area contributed by atoms with Crippen LogP contribution < -0.4 is 9.47 Å². The van der Waals surface area contributed by atoms with Crippen molar-refractivity contribution in [3.63, 3.8) is 0 Å². The third-order valence-electron chi connectivity index (χ3n) is 4.65. The fourth-order valence-electron chi connectivity index (χ4n) is 3.35. The molecule has 1 aromatic rings. The van der Waals surface area contributed by atoms with Gasteiger partial charge < -0.3 is 14.2 Å². The summed E-state index contributed by atoms with van der Waals surface area (Å²) in [6.07, 6.45) is 4.49. The van der Waals surface area contributed by atoms with Crippen LogP contribution >= 0.6 is 0 Å². The number of benzene rings is 1. The van der Waals surface area contributed by atoms with E-state index in [-0.39, 0.29) is 5.97 Å². The predicted octanol–water partition coefficient (Wildman–Crippen LogP) is 3.69. The summed E-state index contributed by atoms with van der Waals surface area (Å²) in [5.41, 5.74) is -0.779. The van der Waals surface area contributed by atoms with Crippen molar-refractivity contribution in [2.75, 3.05) is 6.61 Å². The number of fused-ring (bicyclic) bond motifs is 1. The van der Waals surface area contributed by atoms with E-state index in [9.17, 15) is 4.79 Å². The van der Waals surface area contributed by atoms with E-state index in [1.807, 2.05) is 38.1 Å². The molecule has 3 rings (SSSR count). The molecular weight excluding hydrogens is 268 g/mol. The molecule has 4 nitrogen and oxygen atoms in total. The Morgan fingerprint density at radius 2 is 1.76 bits per heavy atom. The number of hydrogen-bond acceptors (Lipinski definition) is 4. The maximum absolute atomic E-state index is 12.6. The zero-order chi connectivity index (χ0) is 14.9. The molecule has 1 heterocycles. The second kappa shape index (κ2) is 5.24. The average Bonchev–Trinajstić information content (AvgIpc) is 2.78. The van der Waals surface area contributed by atoms with Crippen LogP contribution in [0.5, 0.6) is 11.5 Å². The lowest BCUT2D eigenvalue weighted by Gasteiger charge is -2.40. The van der Waals surface area contributed by atoms with Gasteiger partial charge in [0.15, 0.2) is 11.5 Å². The second-order valence-corrected chi connectivity index (χ2v) is 6.02. The fraction of sp³-hybridized carbons (Fsp3) is 0.588. The van der Waals surface area contributed by atoms with Gasteiger partial charge in [0, 0.05) is 6.42 Å². The number of ether oxygens (including phenoxy) is 3. The van der Waals surface area contributed by atoms with E-state index in [0.29, 0.717) is 13.0 Å². The third-order valence-corrected chi connectivity index (χ3v) is 4.65. The summed E-state index contributed by atoms with van der Waals surface area (Å²) >= 11 is 0. The molecule has 1 unspecified atom stereocenters. The molecule has 0 amide bonds. The van der Waals surface area contributed by atoms with E-state index in [4.69, 9.17) is 14.2 Å². The van der Waals surface area contributed by atoms with Crippen molar-refractivity contribution in [3.05, 3.63) is 24.3 Å². The topological polar surface area (TPSA) is 44.8 Å². The molecule has 0 N–H and O–H groups in total. The molecule has 114 valence electrons. The van der Waals surface area contributed by atoms with Crippen molar-refractivity contribution in [2.24, 2.45) is 5.41 Å². The van der Waals surface area contributed by atoms with Crippen molar-refractivity contribution in [3.8, 4) is 11.5 Å². The van der Waals surface area contributed by atoms with E-state index in [2.05, 4.69) is 0 Å². The lowest BCUT2D eigenvalue weighted by atomic mass is 9.77. The number of para-hydroxylation sites is 2. The van der Waals surface area contributed by atoms with E-state index in [1.165, 1.54) is 0 Å². The first-order chi connectivity index (χ1) is 10.1. The van der Waals surface area contributed by atoms with Crippen molar-refractivity contribution in [2.45, 2.75) is 51.7 Å². The van der Waals surface area contributed by atoms with Crippen LogP contribution in [0.3, 0.4) is 0 Å². The molecule has 0 saturated heterocycles. The summed E-state index contributed by atoms with van der Waals surface area (Å²) < 4.78 is 17.7. The van der Waals surface area contributed by atoms with Gasteiger partial charge in [-0.25, -0.2) is 0 Å². The number of carbonyl (C=O) groups excluding carboxylic acids is 1. The molecule has 1 atom stereocenters. The van der Waals surface area contributed by atoms with Crippen LogP contribution in [0, 0.1) is 5.41 Å². The van der Waals surface area contributed by atoms with Gasteiger partial charge >= 0.3 is 5.97 Å². The molecule has 1 spiro atoms. The molecule has 1 aliphatic heterocycles. The monoisotopic (exact) mass is 290 g/mol. The van der Waals surface area contributed by atoms with Gasteiger partial charge in [0.1, 0.15) is 5.41 Å². The van der Waals surface area contributed by atoms with Crippen molar-refractivity contribution >= 4 is 5.97 Å². The van der Waals surface area contributed by atoms with Crippen molar-refractivity contribution in [1.29, 1.82) is 0 Å². The summed E-state index contributed by atoms with van der Waals surface area (Å²) in [6.45, 7) is 4.12. The van der Waals surface area contributed by atoms with Crippen LogP contribution in [0.2, 0.25) is 0 Å². The largest absolute Gasteiger partial charge is 0.465 e. The summed E-state index contributed by atoms with van der Waals surface area (Å²) in [5, 5.41) is 0. The Morgan fingerprint density at radius 1 is 1.14 bits per heavy atom. The molecule has 1 fully saturated rings. The molecule has 1 aliphatic carbocycles. The first-order valence-corrected chi connectivity index (χ1v) is 7.75. The highest BCUT2D eigenvalue weighted by molar-refractivity contribution is 5.78. The van der Waals surface area contributed by atoms with Crippen LogP contribution in [0.4, 0.5) is 0 Å². The van der Waals surface area contributed by atoms with Gasteiger partial charge in [-0.05, 0) is 38.8 Å². The van der Waals surface area contributed by atoms with Gasteiger partial charge in [-0.15, -0.1) is 0 Å². The van der Waals surface area contributed by atoms with E-state index < -0.39 is 11.2 Å². The van der Waals surface area contributed by atoms with Crippen LogP contribution in [-0.4, -0.2) is 18.4 Å².